The lowest BCUT2D eigenvalue weighted by Crippen LogP contribution is -2.62. The summed E-state index contributed by atoms with van der Waals surface area (Å²) in [7, 11) is 0. The molecule has 1 unspecified atom stereocenters. The van der Waals surface area contributed by atoms with E-state index in [1.807, 2.05) is 42.5 Å². The van der Waals surface area contributed by atoms with Gasteiger partial charge in [-0.25, -0.2) is 4.98 Å². The minimum atomic E-state index is -0.820. The van der Waals surface area contributed by atoms with Crippen LogP contribution < -0.4 is 5.32 Å². The maximum Gasteiger partial charge on any atom is 0.240 e. The molecule has 0 radical (unpaired) electrons. The van der Waals surface area contributed by atoms with E-state index in [0.29, 0.717) is 35.4 Å². The first kappa shape index (κ1) is 26.8. The molecule has 38 heavy (non-hydrogen) atoms. The second-order valence-corrected chi connectivity index (χ2v) is 11.9. The van der Waals surface area contributed by atoms with E-state index < -0.39 is 24.2 Å². The van der Waals surface area contributed by atoms with E-state index >= 15 is 0 Å². The molecule has 4 aliphatic rings. The van der Waals surface area contributed by atoms with Crippen molar-refractivity contribution in [1.29, 1.82) is 0 Å². The fourth-order valence-electron chi connectivity index (χ4n) is 6.98. The van der Waals surface area contributed by atoms with Crippen molar-refractivity contribution in [1.82, 2.24) is 15.4 Å². The van der Waals surface area contributed by atoms with Crippen LogP contribution in [0.3, 0.4) is 0 Å². The summed E-state index contributed by atoms with van der Waals surface area (Å²) < 4.78 is 0. The number of aromatic nitrogens is 1. The normalized spacial score (nSPS) is 32.5. The van der Waals surface area contributed by atoms with Gasteiger partial charge in [0, 0.05) is 23.7 Å². The van der Waals surface area contributed by atoms with Gasteiger partial charge in [0.05, 0.1) is 19.3 Å². The molecule has 1 aromatic heterocycles. The molecule has 6 rings (SSSR count). The Hall–Kier alpha value is -2.76. The van der Waals surface area contributed by atoms with E-state index in [4.69, 9.17) is 4.84 Å². The third kappa shape index (κ3) is 5.11. The Kier molecular flexibility index (Phi) is 7.61. The van der Waals surface area contributed by atoms with E-state index in [1.165, 1.54) is 6.42 Å². The van der Waals surface area contributed by atoms with Crippen LogP contribution in [0.4, 0.5) is 0 Å². The van der Waals surface area contributed by atoms with Gasteiger partial charge >= 0.3 is 0 Å². The maximum atomic E-state index is 13.8. The Morgan fingerprint density at radius 3 is 2.71 bits per heavy atom. The summed E-state index contributed by atoms with van der Waals surface area (Å²) in [5.74, 6) is 7.15. The molecule has 1 saturated heterocycles. The van der Waals surface area contributed by atoms with Crippen LogP contribution in [0.15, 0.2) is 48.7 Å². The predicted molar refractivity (Wildman–Crippen MR) is 144 cm³/mol. The zero-order chi connectivity index (χ0) is 27.0. The SMILES string of the molecule is C[C@H](O)[C@@H]1[C@H](CO)ON(Cc2cccc(C#Cc3ccccn3)c2)[C@@H]1C(=O)N[C@H]1C[C@H]2CC([C@@H]1C)C2(C)C. The number of aliphatic hydroxyl groups excluding tert-OH is 2. The first-order chi connectivity index (χ1) is 18.2. The number of rotatable bonds is 6. The fraction of sp³-hybridized carbons (Fsp3) is 0.548. The van der Waals surface area contributed by atoms with Gasteiger partial charge in [-0.15, -0.1) is 0 Å². The number of aliphatic hydroxyl groups is 2. The zero-order valence-electron chi connectivity index (χ0n) is 22.7. The van der Waals surface area contributed by atoms with Crippen LogP contribution >= 0.6 is 0 Å². The molecule has 8 atom stereocenters. The van der Waals surface area contributed by atoms with Crippen LogP contribution in [0.5, 0.6) is 0 Å². The van der Waals surface area contributed by atoms with E-state index in [0.717, 1.165) is 17.5 Å². The summed E-state index contributed by atoms with van der Waals surface area (Å²) in [5, 5.41) is 25.6. The van der Waals surface area contributed by atoms with E-state index in [1.54, 1.807) is 18.2 Å². The summed E-state index contributed by atoms with van der Waals surface area (Å²) in [4.78, 5) is 24.1. The largest absolute Gasteiger partial charge is 0.394 e. The van der Waals surface area contributed by atoms with Gasteiger partial charge in [-0.2, -0.15) is 5.06 Å². The highest BCUT2D eigenvalue weighted by atomic mass is 16.7. The first-order valence-corrected chi connectivity index (χ1v) is 13.7. The van der Waals surface area contributed by atoms with Gasteiger partial charge in [-0.05, 0) is 78.7 Å². The summed E-state index contributed by atoms with van der Waals surface area (Å²) >= 11 is 0. The number of carbonyl (C=O) groups excluding carboxylic acids is 1. The molecule has 0 spiro atoms. The third-order valence-electron chi connectivity index (χ3n) is 9.33. The highest BCUT2D eigenvalue weighted by molar-refractivity contribution is 5.82. The topological polar surface area (TPSA) is 94.9 Å². The van der Waals surface area contributed by atoms with Gasteiger partial charge < -0.3 is 15.5 Å². The quantitative estimate of drug-likeness (QED) is 0.510. The smallest absolute Gasteiger partial charge is 0.240 e. The summed E-state index contributed by atoms with van der Waals surface area (Å²) in [6.45, 7) is 8.65. The molecule has 2 bridgehead atoms. The predicted octanol–water partition coefficient (Wildman–Crippen LogP) is 3.14. The molecule has 202 valence electrons. The second-order valence-electron chi connectivity index (χ2n) is 11.9. The standard InChI is InChI=1S/C31H39N3O4/c1-19-25-15-23(31(25,3)4)16-26(19)33-30(37)29-28(20(2)36)27(18-35)38-34(29)17-22-9-7-8-21(14-22)11-12-24-10-5-6-13-32-24/h5-10,13-14,19-20,23,25-29,35-36H,15-18H2,1-4H3,(H,33,37)/t19-,20-,23+,25?,26-,27-,28+,29-/m0/s1. The van der Waals surface area contributed by atoms with Crippen molar-refractivity contribution in [2.24, 2.45) is 29.1 Å². The number of hydrogen-bond acceptors (Lipinski definition) is 6. The molecule has 2 aromatic rings. The average molecular weight is 518 g/mol. The Morgan fingerprint density at radius 2 is 2.05 bits per heavy atom. The molecule has 1 aromatic carbocycles. The minimum absolute atomic E-state index is 0.106. The van der Waals surface area contributed by atoms with E-state index in [2.05, 4.69) is 42.9 Å². The van der Waals surface area contributed by atoms with Crippen molar-refractivity contribution < 1.29 is 19.8 Å². The maximum absolute atomic E-state index is 13.8. The molecule has 1 amide bonds. The molecule has 1 aliphatic heterocycles. The molecule has 3 saturated carbocycles. The Morgan fingerprint density at radius 1 is 1.24 bits per heavy atom. The van der Waals surface area contributed by atoms with Gasteiger partial charge in [-0.3, -0.25) is 9.63 Å². The van der Waals surface area contributed by atoms with Gasteiger partial charge in [0.15, 0.2) is 0 Å². The number of pyridine rings is 1. The van der Waals surface area contributed by atoms with Crippen molar-refractivity contribution in [3.63, 3.8) is 0 Å². The number of fused-ring (bicyclic) bond motifs is 2. The van der Waals surface area contributed by atoms with Crippen LogP contribution in [0.25, 0.3) is 0 Å². The number of hydrogen-bond donors (Lipinski definition) is 3. The van der Waals surface area contributed by atoms with Crippen molar-refractivity contribution >= 4 is 5.91 Å². The minimum Gasteiger partial charge on any atom is -0.394 e. The molecule has 3 N–H and O–H groups in total. The van der Waals surface area contributed by atoms with E-state index in [9.17, 15) is 15.0 Å². The van der Waals surface area contributed by atoms with Crippen molar-refractivity contribution in [3.8, 4) is 11.8 Å². The molecule has 2 heterocycles. The Balaban J connectivity index is 1.34. The fourth-order valence-corrected chi connectivity index (χ4v) is 6.98. The van der Waals surface area contributed by atoms with Crippen molar-refractivity contribution in [2.45, 2.75) is 71.4 Å². The van der Waals surface area contributed by atoms with Crippen LogP contribution in [-0.2, 0) is 16.2 Å². The zero-order valence-corrected chi connectivity index (χ0v) is 22.7. The van der Waals surface area contributed by atoms with Gasteiger partial charge in [-0.1, -0.05) is 44.9 Å². The Labute approximate surface area is 225 Å². The average Bonchev–Trinajstić information content (AvgIpc) is 3.27. The van der Waals surface area contributed by atoms with Crippen LogP contribution in [0.1, 0.15) is 57.4 Å². The molecule has 4 fully saturated rings. The first-order valence-electron chi connectivity index (χ1n) is 13.7. The number of benzene rings is 1. The molecular formula is C31H39N3O4. The molecule has 7 heteroatoms. The van der Waals surface area contributed by atoms with Crippen molar-refractivity contribution in [3.05, 3.63) is 65.5 Å². The van der Waals surface area contributed by atoms with Gasteiger partial charge in [0.25, 0.3) is 0 Å². The van der Waals surface area contributed by atoms with Crippen LogP contribution in [0, 0.1) is 40.9 Å². The summed E-state index contributed by atoms with van der Waals surface area (Å²) in [6, 6.07) is 12.8. The lowest BCUT2D eigenvalue weighted by molar-refractivity contribution is -0.183. The highest BCUT2D eigenvalue weighted by Gasteiger charge is 2.57. The monoisotopic (exact) mass is 517 g/mol. The molecular weight excluding hydrogens is 478 g/mol. The van der Waals surface area contributed by atoms with Crippen LogP contribution in [0.2, 0.25) is 0 Å². The third-order valence-corrected chi connectivity index (χ3v) is 9.33. The van der Waals surface area contributed by atoms with Crippen LogP contribution in [-0.4, -0.2) is 57.1 Å². The number of nitrogens with zero attached hydrogens (tertiary/aromatic N) is 2. The summed E-state index contributed by atoms with van der Waals surface area (Å²) in [5.41, 5.74) is 2.78. The number of hydroxylamine groups is 2. The lowest BCUT2D eigenvalue weighted by Gasteiger charge is -2.62. The summed E-state index contributed by atoms with van der Waals surface area (Å²) in [6.07, 6.45) is 2.45. The molecule has 3 aliphatic carbocycles. The van der Waals surface area contributed by atoms with Crippen molar-refractivity contribution in [2.75, 3.05) is 6.61 Å². The molecule has 7 nitrogen and oxygen atoms in total. The highest BCUT2D eigenvalue weighted by Crippen LogP contribution is 2.61. The Bertz CT molecular complexity index is 1200. The number of carbonyl (C=O) groups is 1. The van der Waals surface area contributed by atoms with Gasteiger partial charge in [0.2, 0.25) is 5.91 Å². The van der Waals surface area contributed by atoms with Gasteiger partial charge in [0.1, 0.15) is 17.8 Å². The lowest BCUT2D eigenvalue weighted by atomic mass is 9.45. The van der Waals surface area contributed by atoms with E-state index in [-0.39, 0.29) is 18.6 Å². The number of amides is 1. The number of nitrogens with one attached hydrogen (secondary N) is 1. The second kappa shape index (κ2) is 10.8.